The van der Waals surface area contributed by atoms with Gasteiger partial charge in [-0.2, -0.15) is 0 Å². The Kier molecular flexibility index (Phi) is 2.87. The molecule has 14 heavy (non-hydrogen) atoms. The first kappa shape index (κ1) is 12.2. The minimum Gasteiger partial charge on any atom is -0.413 e. The van der Waals surface area contributed by atoms with Crippen LogP contribution in [0.1, 0.15) is 47.5 Å². The molecule has 0 unspecified atom stereocenters. The molecule has 0 amide bonds. The second-order valence-electron chi connectivity index (χ2n) is 5.82. The van der Waals surface area contributed by atoms with Crippen molar-refractivity contribution in [1.29, 1.82) is 0 Å². The molecule has 0 aromatic carbocycles. The Balaban J connectivity index is 2.97. The summed E-state index contributed by atoms with van der Waals surface area (Å²) in [6, 6.07) is 0. The second kappa shape index (κ2) is 3.30. The number of hydrogen-bond acceptors (Lipinski definition) is 2. The lowest BCUT2D eigenvalue weighted by Crippen LogP contribution is -2.63. The van der Waals surface area contributed by atoms with Crippen molar-refractivity contribution in [3.8, 4) is 0 Å². The lowest BCUT2D eigenvalue weighted by atomic mass is 9.73. The summed E-state index contributed by atoms with van der Waals surface area (Å²) in [5, 5.41) is 13.2. The van der Waals surface area contributed by atoms with Gasteiger partial charge in [0.2, 0.25) is 10.5 Å². The van der Waals surface area contributed by atoms with E-state index < -0.39 is 0 Å². The number of nitrogens with zero attached hydrogens (tertiary/aromatic N) is 1. The van der Waals surface area contributed by atoms with Crippen LogP contribution in [0.2, 0.25) is 0 Å². The Morgan fingerprint density at radius 3 is 1.71 bits per heavy atom. The summed E-state index contributed by atoms with van der Waals surface area (Å²) in [6.07, 6.45) is 1.47. The molecule has 0 atom stereocenters. The minimum absolute atomic E-state index is 0.259. The predicted octanol–water partition coefficient (Wildman–Crippen LogP) is 1.84. The third-order valence-corrected chi connectivity index (χ3v) is 3.45. The van der Waals surface area contributed by atoms with E-state index in [4.69, 9.17) is 4.43 Å². The van der Waals surface area contributed by atoms with Crippen LogP contribution in [0.5, 0.6) is 0 Å². The van der Waals surface area contributed by atoms with Gasteiger partial charge in [-0.15, -0.1) is 10.3 Å². The van der Waals surface area contributed by atoms with Crippen molar-refractivity contribution in [2.75, 3.05) is 0 Å². The molecule has 1 aliphatic heterocycles. The highest BCUT2D eigenvalue weighted by Crippen LogP contribution is 2.43. The van der Waals surface area contributed by atoms with Gasteiger partial charge >= 0.3 is 0 Å². The van der Waals surface area contributed by atoms with Crippen LogP contribution in [0.25, 0.3) is 0 Å². The smallest absolute Gasteiger partial charge is 0.246 e. The van der Waals surface area contributed by atoms with Gasteiger partial charge in [-0.1, -0.05) is 0 Å². The van der Waals surface area contributed by atoms with Gasteiger partial charge in [-0.05, 0) is 47.5 Å². The molecule has 0 spiro atoms. The van der Waals surface area contributed by atoms with Crippen molar-refractivity contribution in [2.24, 2.45) is 0 Å². The fraction of sp³-hybridized carbons (Fsp3) is 1.00. The maximum atomic E-state index is 12.0. The standard InChI is InChI=1S/C10H19NO2Si/c1-8(2)6-10(5,13-14)7-9(3,4)11(8)12/h6-7H2,1-5H3. The lowest BCUT2D eigenvalue weighted by Gasteiger charge is -2.53. The summed E-state index contributed by atoms with van der Waals surface area (Å²) < 4.78 is 5.34. The Labute approximate surface area is 89.9 Å². The van der Waals surface area contributed by atoms with Crippen LogP contribution in [0, 0.1) is 0 Å². The molecule has 80 valence electrons. The van der Waals surface area contributed by atoms with Crippen molar-refractivity contribution in [2.45, 2.75) is 64.1 Å². The molecule has 4 radical (unpaired) electrons. The first-order valence-corrected chi connectivity index (χ1v) is 5.36. The van der Waals surface area contributed by atoms with Crippen LogP contribution in [0.3, 0.4) is 0 Å². The van der Waals surface area contributed by atoms with Gasteiger partial charge in [0, 0.05) is 11.1 Å². The van der Waals surface area contributed by atoms with Gasteiger partial charge in [0.05, 0.1) is 5.60 Å². The van der Waals surface area contributed by atoms with E-state index in [9.17, 15) is 5.21 Å². The Bertz CT molecular complexity index is 205. The van der Waals surface area contributed by atoms with Crippen LogP contribution in [0.4, 0.5) is 0 Å². The normalized spacial score (nSPS) is 30.2. The molecule has 1 rings (SSSR count). The molecule has 0 bridgehead atoms. The zero-order valence-electron chi connectivity index (χ0n) is 9.68. The Morgan fingerprint density at radius 2 is 1.43 bits per heavy atom. The molecule has 4 heteroatoms. The average Bonchev–Trinajstić information content (AvgIpc) is 1.99. The molecule has 1 saturated heterocycles. The van der Waals surface area contributed by atoms with E-state index in [2.05, 4.69) is 10.5 Å². The Hall–Kier alpha value is 0.0969. The first-order chi connectivity index (χ1) is 6.13. The zero-order chi connectivity index (χ0) is 11.2. The third kappa shape index (κ3) is 2.03. The second-order valence-corrected chi connectivity index (χ2v) is 6.03. The lowest BCUT2D eigenvalue weighted by molar-refractivity contribution is -0.307. The molecule has 0 aromatic rings. The van der Waals surface area contributed by atoms with E-state index in [1.165, 1.54) is 5.06 Å². The minimum atomic E-state index is -0.372. The SMILES string of the molecule is CC1(O[Si])CC(C)(C)N([O])C(C)(C)C1. The van der Waals surface area contributed by atoms with Crippen LogP contribution < -0.4 is 0 Å². The number of hydroxylamine groups is 2. The third-order valence-electron chi connectivity index (χ3n) is 2.96. The van der Waals surface area contributed by atoms with Crippen LogP contribution in [-0.2, 0) is 9.63 Å². The highest BCUT2D eigenvalue weighted by atomic mass is 28.2. The largest absolute Gasteiger partial charge is 0.413 e. The van der Waals surface area contributed by atoms with Gasteiger partial charge < -0.3 is 4.43 Å². The number of rotatable bonds is 1. The summed E-state index contributed by atoms with van der Waals surface area (Å²) in [5.74, 6) is 0. The zero-order valence-corrected chi connectivity index (χ0v) is 10.7. The van der Waals surface area contributed by atoms with E-state index in [0.717, 1.165) is 12.8 Å². The molecule has 1 fully saturated rings. The van der Waals surface area contributed by atoms with Crippen molar-refractivity contribution >= 4 is 10.5 Å². The summed E-state index contributed by atoms with van der Waals surface area (Å²) in [7, 11) is 3.12. The van der Waals surface area contributed by atoms with E-state index in [-0.39, 0.29) is 16.7 Å². The van der Waals surface area contributed by atoms with E-state index in [1.54, 1.807) is 0 Å². The molecule has 0 N–H and O–H groups in total. The monoisotopic (exact) mass is 213 g/mol. The fourth-order valence-corrected chi connectivity index (χ4v) is 3.07. The van der Waals surface area contributed by atoms with E-state index >= 15 is 0 Å². The molecule has 0 aliphatic carbocycles. The maximum absolute atomic E-state index is 12.0. The van der Waals surface area contributed by atoms with E-state index in [0.29, 0.717) is 0 Å². The Morgan fingerprint density at radius 1 is 1.07 bits per heavy atom. The molecule has 1 aliphatic rings. The van der Waals surface area contributed by atoms with Crippen LogP contribution in [-0.4, -0.2) is 32.2 Å². The van der Waals surface area contributed by atoms with Crippen LogP contribution in [0.15, 0.2) is 0 Å². The van der Waals surface area contributed by atoms with E-state index in [1.807, 2.05) is 34.6 Å². The van der Waals surface area contributed by atoms with Crippen LogP contribution >= 0.6 is 0 Å². The highest BCUT2D eigenvalue weighted by molar-refractivity contribution is 5.98. The summed E-state index contributed by atoms with van der Waals surface area (Å²) in [4.78, 5) is 0. The molecule has 1 heterocycles. The van der Waals surface area contributed by atoms with Gasteiger partial charge in [0.25, 0.3) is 0 Å². The van der Waals surface area contributed by atoms with Gasteiger partial charge in [-0.25, -0.2) is 0 Å². The molecule has 0 aromatic heterocycles. The molecule has 3 nitrogen and oxygen atoms in total. The van der Waals surface area contributed by atoms with Crippen molar-refractivity contribution < 1.29 is 9.63 Å². The topological polar surface area (TPSA) is 32.4 Å². The summed E-state index contributed by atoms with van der Waals surface area (Å²) >= 11 is 0. The van der Waals surface area contributed by atoms with Crippen molar-refractivity contribution in [3.05, 3.63) is 0 Å². The number of hydrogen-bond donors (Lipinski definition) is 0. The van der Waals surface area contributed by atoms with Gasteiger partial charge in [0.15, 0.2) is 0 Å². The molecular weight excluding hydrogens is 194 g/mol. The van der Waals surface area contributed by atoms with Crippen molar-refractivity contribution in [3.63, 3.8) is 0 Å². The molecular formula is C10H19NO2Si. The summed E-state index contributed by atoms with van der Waals surface area (Å²) in [5.41, 5.74) is -1.00. The fourth-order valence-electron chi connectivity index (χ4n) is 2.93. The van der Waals surface area contributed by atoms with Gasteiger partial charge in [-0.3, -0.25) is 0 Å². The van der Waals surface area contributed by atoms with Crippen molar-refractivity contribution in [1.82, 2.24) is 5.06 Å². The molecule has 0 saturated carbocycles. The summed E-state index contributed by atoms with van der Waals surface area (Å²) in [6.45, 7) is 9.89. The van der Waals surface area contributed by atoms with Gasteiger partial charge in [0.1, 0.15) is 0 Å². The number of piperidine rings is 1. The quantitative estimate of drug-likeness (QED) is 0.623. The first-order valence-electron chi connectivity index (χ1n) is 4.95. The highest BCUT2D eigenvalue weighted by Gasteiger charge is 2.51. The maximum Gasteiger partial charge on any atom is 0.246 e. The predicted molar refractivity (Wildman–Crippen MR) is 55.2 cm³/mol. The average molecular weight is 213 g/mol.